The average Bonchev–Trinajstić information content (AvgIpc) is 2.84. The molecule has 0 aromatic rings. The maximum Gasteiger partial charge on any atom is 0.215 e. The fraction of sp³-hybridized carbons (Fsp3) is 1.00. The molecule has 1 aliphatic rings. The summed E-state index contributed by atoms with van der Waals surface area (Å²) in [6.45, 7) is 2.16. The van der Waals surface area contributed by atoms with Crippen LogP contribution in [0.15, 0.2) is 0 Å². The van der Waals surface area contributed by atoms with Crippen molar-refractivity contribution in [1.82, 2.24) is 4.31 Å². The first kappa shape index (κ1) is 10.9. The summed E-state index contributed by atoms with van der Waals surface area (Å²) in [4.78, 5) is 0. The van der Waals surface area contributed by atoms with Crippen LogP contribution in [-0.2, 0) is 10.0 Å². The van der Waals surface area contributed by atoms with E-state index < -0.39 is 10.0 Å². The number of hydrogen-bond donors (Lipinski definition) is 1. The van der Waals surface area contributed by atoms with Gasteiger partial charge in [-0.25, -0.2) is 12.7 Å². The van der Waals surface area contributed by atoms with Gasteiger partial charge in [-0.3, -0.25) is 0 Å². The molecule has 0 heterocycles. The molecule has 1 fully saturated rings. The number of hydrogen-bond acceptors (Lipinski definition) is 3. The molecule has 0 aliphatic heterocycles. The highest BCUT2D eigenvalue weighted by molar-refractivity contribution is 7.89. The van der Waals surface area contributed by atoms with Gasteiger partial charge in [0.2, 0.25) is 10.0 Å². The van der Waals surface area contributed by atoms with Crippen molar-refractivity contribution in [1.29, 1.82) is 0 Å². The number of sulfonamides is 1. The van der Waals surface area contributed by atoms with Gasteiger partial charge >= 0.3 is 0 Å². The molecule has 1 rings (SSSR count). The second kappa shape index (κ2) is 3.94. The molecule has 4 nitrogen and oxygen atoms in total. The Labute approximate surface area is 80.1 Å². The molecule has 78 valence electrons. The van der Waals surface area contributed by atoms with E-state index >= 15 is 0 Å². The SMILES string of the molecule is CC(C1CC1)N(C)S(=O)(=O)CCN. The topological polar surface area (TPSA) is 63.4 Å². The number of nitrogens with zero attached hydrogens (tertiary/aromatic N) is 1. The zero-order valence-corrected chi connectivity index (χ0v) is 9.05. The Bertz CT molecular complexity index is 259. The van der Waals surface area contributed by atoms with E-state index in [1.165, 1.54) is 4.31 Å². The lowest BCUT2D eigenvalue weighted by Gasteiger charge is -2.23. The van der Waals surface area contributed by atoms with Crippen molar-refractivity contribution in [3.63, 3.8) is 0 Å². The first-order valence-electron chi connectivity index (χ1n) is 4.65. The smallest absolute Gasteiger partial charge is 0.215 e. The molecular formula is C8H18N2O2S. The zero-order valence-electron chi connectivity index (χ0n) is 8.23. The van der Waals surface area contributed by atoms with E-state index in [1.807, 2.05) is 6.92 Å². The van der Waals surface area contributed by atoms with E-state index in [-0.39, 0.29) is 18.3 Å². The predicted molar refractivity (Wildman–Crippen MR) is 52.8 cm³/mol. The van der Waals surface area contributed by atoms with Gasteiger partial charge < -0.3 is 5.73 Å². The van der Waals surface area contributed by atoms with E-state index in [2.05, 4.69) is 0 Å². The van der Waals surface area contributed by atoms with Crippen molar-refractivity contribution in [2.75, 3.05) is 19.3 Å². The quantitative estimate of drug-likeness (QED) is 0.689. The molecule has 1 saturated carbocycles. The molecule has 0 aromatic heterocycles. The molecule has 0 bridgehead atoms. The summed E-state index contributed by atoms with van der Waals surface area (Å²) in [5, 5.41) is 0. The Kier molecular flexibility index (Phi) is 3.32. The van der Waals surface area contributed by atoms with Crippen molar-refractivity contribution < 1.29 is 8.42 Å². The van der Waals surface area contributed by atoms with Crippen LogP contribution in [0.1, 0.15) is 19.8 Å². The Balaban J connectivity index is 2.58. The Hall–Kier alpha value is -0.130. The van der Waals surface area contributed by atoms with E-state index in [1.54, 1.807) is 7.05 Å². The summed E-state index contributed by atoms with van der Waals surface area (Å²) in [7, 11) is -1.46. The average molecular weight is 206 g/mol. The van der Waals surface area contributed by atoms with Crippen LogP contribution in [0.2, 0.25) is 0 Å². The van der Waals surface area contributed by atoms with Crippen molar-refractivity contribution in [2.24, 2.45) is 11.7 Å². The van der Waals surface area contributed by atoms with Crippen LogP contribution in [0.4, 0.5) is 0 Å². The normalized spacial score (nSPS) is 20.6. The zero-order chi connectivity index (χ0) is 10.1. The van der Waals surface area contributed by atoms with Gasteiger partial charge in [-0.2, -0.15) is 0 Å². The van der Waals surface area contributed by atoms with E-state index in [0.29, 0.717) is 5.92 Å². The summed E-state index contributed by atoms with van der Waals surface area (Å²) in [5.41, 5.74) is 5.24. The molecule has 1 aliphatic carbocycles. The maximum atomic E-state index is 11.6. The van der Waals surface area contributed by atoms with Crippen LogP contribution >= 0.6 is 0 Å². The fourth-order valence-electron chi connectivity index (χ4n) is 1.42. The second-order valence-corrected chi connectivity index (χ2v) is 5.85. The van der Waals surface area contributed by atoms with E-state index in [0.717, 1.165) is 12.8 Å². The molecule has 13 heavy (non-hydrogen) atoms. The molecule has 0 saturated heterocycles. The molecule has 0 amide bonds. The van der Waals surface area contributed by atoms with Crippen LogP contribution < -0.4 is 5.73 Å². The van der Waals surface area contributed by atoms with Gasteiger partial charge in [0.25, 0.3) is 0 Å². The van der Waals surface area contributed by atoms with Gasteiger partial charge in [0, 0.05) is 19.6 Å². The monoisotopic (exact) mass is 206 g/mol. The van der Waals surface area contributed by atoms with Gasteiger partial charge in [0.15, 0.2) is 0 Å². The minimum absolute atomic E-state index is 0.0561. The summed E-state index contributed by atoms with van der Waals surface area (Å²) >= 11 is 0. The highest BCUT2D eigenvalue weighted by Crippen LogP contribution is 2.35. The molecule has 1 unspecified atom stereocenters. The molecule has 0 aromatic carbocycles. The minimum atomic E-state index is -3.11. The first-order chi connectivity index (χ1) is 5.99. The summed E-state index contributed by atoms with van der Waals surface area (Å²) < 4.78 is 24.6. The third-order valence-electron chi connectivity index (χ3n) is 2.69. The summed E-state index contributed by atoms with van der Waals surface area (Å²) in [6, 6.07) is 0.136. The minimum Gasteiger partial charge on any atom is -0.329 e. The van der Waals surface area contributed by atoms with Gasteiger partial charge in [0.1, 0.15) is 0 Å². The standard InChI is InChI=1S/C8H18N2O2S/c1-7(8-3-4-8)10(2)13(11,12)6-5-9/h7-8H,3-6,9H2,1-2H3. The van der Waals surface area contributed by atoms with Crippen LogP contribution in [0, 0.1) is 5.92 Å². The highest BCUT2D eigenvalue weighted by Gasteiger charge is 2.34. The number of nitrogens with two attached hydrogens (primary N) is 1. The van der Waals surface area contributed by atoms with Crippen LogP contribution in [0.5, 0.6) is 0 Å². The Morgan fingerprint density at radius 2 is 2.08 bits per heavy atom. The van der Waals surface area contributed by atoms with Crippen molar-refractivity contribution in [3.8, 4) is 0 Å². The highest BCUT2D eigenvalue weighted by atomic mass is 32.2. The lowest BCUT2D eigenvalue weighted by molar-refractivity contribution is 0.357. The molecule has 0 spiro atoms. The molecule has 1 atom stereocenters. The van der Waals surface area contributed by atoms with Crippen LogP contribution in [-0.4, -0.2) is 38.1 Å². The lowest BCUT2D eigenvalue weighted by Crippen LogP contribution is -2.39. The summed E-state index contributed by atoms with van der Waals surface area (Å²) in [5.74, 6) is 0.623. The van der Waals surface area contributed by atoms with E-state index in [4.69, 9.17) is 5.73 Å². The molecule has 0 radical (unpaired) electrons. The fourth-order valence-corrected chi connectivity index (χ4v) is 2.69. The summed E-state index contributed by atoms with van der Waals surface area (Å²) in [6.07, 6.45) is 2.31. The molecular weight excluding hydrogens is 188 g/mol. The van der Waals surface area contributed by atoms with Gasteiger partial charge in [-0.15, -0.1) is 0 Å². The maximum absolute atomic E-state index is 11.6. The van der Waals surface area contributed by atoms with Gasteiger partial charge in [0.05, 0.1) is 5.75 Å². The Morgan fingerprint density at radius 3 is 2.46 bits per heavy atom. The first-order valence-corrected chi connectivity index (χ1v) is 6.25. The van der Waals surface area contributed by atoms with E-state index in [9.17, 15) is 8.42 Å². The third-order valence-corrected chi connectivity index (χ3v) is 4.65. The van der Waals surface area contributed by atoms with Gasteiger partial charge in [-0.1, -0.05) is 0 Å². The Morgan fingerprint density at radius 1 is 1.54 bits per heavy atom. The number of rotatable bonds is 5. The van der Waals surface area contributed by atoms with Crippen LogP contribution in [0.3, 0.4) is 0 Å². The van der Waals surface area contributed by atoms with Crippen molar-refractivity contribution in [2.45, 2.75) is 25.8 Å². The second-order valence-electron chi connectivity index (χ2n) is 3.70. The van der Waals surface area contributed by atoms with Crippen molar-refractivity contribution in [3.05, 3.63) is 0 Å². The molecule has 2 N–H and O–H groups in total. The lowest BCUT2D eigenvalue weighted by atomic mass is 10.2. The molecule has 5 heteroatoms. The van der Waals surface area contributed by atoms with Gasteiger partial charge in [-0.05, 0) is 25.7 Å². The third kappa shape index (κ3) is 2.65. The van der Waals surface area contributed by atoms with Crippen LogP contribution in [0.25, 0.3) is 0 Å². The largest absolute Gasteiger partial charge is 0.329 e. The predicted octanol–water partition coefficient (Wildman–Crippen LogP) is 0.00520. The van der Waals surface area contributed by atoms with Crippen molar-refractivity contribution >= 4 is 10.0 Å².